The second-order valence-corrected chi connectivity index (χ2v) is 4.97. The quantitative estimate of drug-likeness (QED) is 0.917. The Morgan fingerprint density at radius 3 is 3.24 bits per heavy atom. The molecule has 3 heterocycles. The summed E-state index contributed by atoms with van der Waals surface area (Å²) in [6, 6.07) is 3.66. The Balaban J connectivity index is 1.79. The van der Waals surface area contributed by atoms with Gasteiger partial charge in [0.05, 0.1) is 24.6 Å². The lowest BCUT2D eigenvalue weighted by Gasteiger charge is -2.15. The predicted octanol–water partition coefficient (Wildman–Crippen LogP) is 1.06. The van der Waals surface area contributed by atoms with Crippen molar-refractivity contribution >= 4 is 17.3 Å². The number of nitrogens with one attached hydrogen (secondary N) is 1. The van der Waals surface area contributed by atoms with Gasteiger partial charge >= 0.3 is 0 Å². The van der Waals surface area contributed by atoms with Gasteiger partial charge in [0.2, 0.25) is 5.91 Å². The van der Waals surface area contributed by atoms with Crippen molar-refractivity contribution in [2.24, 2.45) is 5.92 Å². The van der Waals surface area contributed by atoms with Crippen molar-refractivity contribution in [1.82, 2.24) is 19.8 Å². The van der Waals surface area contributed by atoms with Gasteiger partial charge in [-0.1, -0.05) is 12.6 Å². The average molecular weight is 286 g/mol. The number of hydrogen-bond donors (Lipinski definition) is 1. The third-order valence-electron chi connectivity index (χ3n) is 3.69. The smallest absolute Gasteiger partial charge is 0.257 e. The minimum atomic E-state index is -0.205. The van der Waals surface area contributed by atoms with Crippen LogP contribution < -0.4 is 5.32 Å². The Kier molecular flexibility index (Phi) is 3.12. The predicted molar refractivity (Wildman–Crippen MR) is 77.5 cm³/mol. The van der Waals surface area contributed by atoms with Crippen LogP contribution in [0.1, 0.15) is 18.1 Å². The van der Waals surface area contributed by atoms with E-state index in [-0.39, 0.29) is 17.7 Å². The van der Waals surface area contributed by atoms with Crippen molar-refractivity contribution in [2.75, 3.05) is 13.1 Å². The first-order valence-corrected chi connectivity index (χ1v) is 6.74. The largest absolute Gasteiger partial charge is 0.338 e. The first kappa shape index (κ1) is 12.1. The van der Waals surface area contributed by atoms with Crippen LogP contribution in [0.25, 0.3) is 5.52 Å². The first-order chi connectivity index (χ1) is 10.6. The Morgan fingerprint density at radius 1 is 1.57 bits per heavy atom. The van der Waals surface area contributed by atoms with Crippen LogP contribution in [0, 0.1) is 5.92 Å². The van der Waals surface area contributed by atoms with Crippen molar-refractivity contribution < 1.29 is 11.0 Å². The summed E-state index contributed by atoms with van der Waals surface area (Å²) < 4.78 is 9.09. The summed E-state index contributed by atoms with van der Waals surface area (Å²) >= 11 is 0. The van der Waals surface area contributed by atoms with Gasteiger partial charge in [-0.25, -0.2) is 4.52 Å². The fourth-order valence-electron chi connectivity index (χ4n) is 2.59. The summed E-state index contributed by atoms with van der Waals surface area (Å²) in [5.41, 5.74) is 1.16. The molecule has 2 aromatic heterocycles. The van der Waals surface area contributed by atoms with Crippen molar-refractivity contribution in [1.29, 1.82) is 0 Å². The van der Waals surface area contributed by atoms with Crippen molar-refractivity contribution in [2.45, 2.75) is 6.42 Å². The zero-order valence-electron chi connectivity index (χ0n) is 12.5. The van der Waals surface area contributed by atoms with Gasteiger partial charge in [-0.05, 0) is 24.7 Å². The number of aromatic nitrogens is 2. The molecule has 0 spiro atoms. The molecule has 1 fully saturated rings. The number of fused-ring (bicyclic) bond motifs is 1. The van der Waals surface area contributed by atoms with Crippen LogP contribution in [-0.4, -0.2) is 39.4 Å². The van der Waals surface area contributed by atoms with Gasteiger partial charge in [-0.2, -0.15) is 5.10 Å². The minimum Gasteiger partial charge on any atom is -0.338 e. The van der Waals surface area contributed by atoms with E-state index in [1.54, 1.807) is 23.2 Å². The SMILES string of the molecule is [3H]c1ccc2c(C(=O)N3CCC(C(=O)NC=C)C3)cnn2c1. The molecule has 0 aliphatic carbocycles. The van der Waals surface area contributed by atoms with E-state index in [1.807, 2.05) is 0 Å². The summed E-state index contributed by atoms with van der Waals surface area (Å²) in [6.45, 7) is 4.41. The summed E-state index contributed by atoms with van der Waals surface area (Å²) in [4.78, 5) is 26.1. The minimum absolute atomic E-state index is 0.107. The van der Waals surface area contributed by atoms with E-state index in [2.05, 4.69) is 17.0 Å². The molecule has 0 aromatic carbocycles. The van der Waals surface area contributed by atoms with Gasteiger partial charge in [-0.15, -0.1) is 0 Å². The number of nitrogens with zero attached hydrogens (tertiary/aromatic N) is 3. The highest BCUT2D eigenvalue weighted by Gasteiger charge is 2.32. The van der Waals surface area contributed by atoms with Crippen LogP contribution >= 0.6 is 0 Å². The molecule has 1 N–H and O–H groups in total. The summed E-state index contributed by atoms with van der Waals surface area (Å²) in [5, 5.41) is 6.68. The molecule has 2 amide bonds. The molecule has 0 radical (unpaired) electrons. The second kappa shape index (κ2) is 5.40. The van der Waals surface area contributed by atoms with Crippen LogP contribution in [0.15, 0.2) is 43.3 Å². The topological polar surface area (TPSA) is 66.7 Å². The van der Waals surface area contributed by atoms with E-state index in [1.165, 1.54) is 16.9 Å². The Labute approximate surface area is 123 Å². The number of rotatable bonds is 3. The molecule has 6 heteroatoms. The number of pyridine rings is 1. The maximum atomic E-state index is 12.6. The molecular weight excluding hydrogens is 268 g/mol. The zero-order valence-corrected chi connectivity index (χ0v) is 11.5. The lowest BCUT2D eigenvalue weighted by Crippen LogP contribution is -2.32. The normalized spacial score (nSPS) is 18.6. The molecule has 3 rings (SSSR count). The third-order valence-corrected chi connectivity index (χ3v) is 3.69. The highest BCUT2D eigenvalue weighted by atomic mass is 16.2. The number of amides is 2. The molecule has 6 nitrogen and oxygen atoms in total. The van der Waals surface area contributed by atoms with Gasteiger partial charge in [0, 0.05) is 19.3 Å². The van der Waals surface area contributed by atoms with Gasteiger partial charge in [0.15, 0.2) is 0 Å². The Morgan fingerprint density at radius 2 is 2.43 bits per heavy atom. The van der Waals surface area contributed by atoms with Gasteiger partial charge < -0.3 is 10.2 Å². The van der Waals surface area contributed by atoms with Crippen LogP contribution in [-0.2, 0) is 4.79 Å². The number of carbonyl (C=O) groups is 2. The molecule has 1 saturated heterocycles. The number of likely N-dealkylation sites (tertiary alicyclic amines) is 1. The molecule has 0 bridgehead atoms. The zero-order chi connectivity index (χ0) is 15.7. The van der Waals surface area contributed by atoms with E-state index in [4.69, 9.17) is 1.37 Å². The molecule has 21 heavy (non-hydrogen) atoms. The lowest BCUT2D eigenvalue weighted by atomic mass is 10.1. The lowest BCUT2D eigenvalue weighted by molar-refractivity contribution is -0.123. The second-order valence-electron chi connectivity index (χ2n) is 4.97. The highest BCUT2D eigenvalue weighted by Crippen LogP contribution is 2.20. The molecule has 2 aromatic rings. The van der Waals surface area contributed by atoms with E-state index >= 15 is 0 Å². The fourth-order valence-corrected chi connectivity index (χ4v) is 2.59. The van der Waals surface area contributed by atoms with Gasteiger partial charge in [0.25, 0.3) is 5.91 Å². The molecule has 1 atom stereocenters. The Bertz CT molecular complexity index is 755. The molecule has 108 valence electrons. The van der Waals surface area contributed by atoms with E-state index < -0.39 is 0 Å². The monoisotopic (exact) mass is 286 g/mol. The fraction of sp³-hybridized carbons (Fsp3) is 0.267. The van der Waals surface area contributed by atoms with Gasteiger partial charge in [-0.3, -0.25) is 9.59 Å². The summed E-state index contributed by atoms with van der Waals surface area (Å²) in [5.74, 6) is -0.450. The maximum absolute atomic E-state index is 12.6. The Hall–Kier alpha value is -2.63. The number of hydrogen-bond acceptors (Lipinski definition) is 3. The molecule has 1 aliphatic heterocycles. The van der Waals surface area contributed by atoms with Gasteiger partial charge in [0.1, 0.15) is 0 Å². The van der Waals surface area contributed by atoms with Crippen LogP contribution in [0.3, 0.4) is 0 Å². The molecule has 1 unspecified atom stereocenters. The van der Waals surface area contributed by atoms with Crippen LogP contribution in [0.4, 0.5) is 0 Å². The first-order valence-electron chi connectivity index (χ1n) is 7.24. The van der Waals surface area contributed by atoms with Crippen molar-refractivity contribution in [3.63, 3.8) is 0 Å². The average Bonchev–Trinajstić information content (AvgIpc) is 3.13. The molecule has 1 aliphatic rings. The standard InChI is InChI=1S/C15H16N4O2/c1-2-16-14(20)11-6-8-18(10-11)15(21)12-9-17-19-7-4-3-5-13(12)19/h2-5,7,9,11H,1,6,8,10H2,(H,16,20)/i4T. The van der Waals surface area contributed by atoms with E-state index in [0.717, 1.165) is 0 Å². The van der Waals surface area contributed by atoms with Crippen LogP contribution in [0.5, 0.6) is 0 Å². The molecular formula is C15H16N4O2. The molecule has 0 saturated carbocycles. The van der Waals surface area contributed by atoms with E-state index in [9.17, 15) is 9.59 Å². The summed E-state index contributed by atoms with van der Waals surface area (Å²) in [7, 11) is 0. The maximum Gasteiger partial charge on any atom is 0.257 e. The van der Waals surface area contributed by atoms with E-state index in [0.29, 0.717) is 36.6 Å². The van der Waals surface area contributed by atoms with Crippen molar-refractivity contribution in [3.8, 4) is 0 Å². The van der Waals surface area contributed by atoms with Crippen molar-refractivity contribution in [3.05, 3.63) is 48.9 Å². The number of carbonyl (C=O) groups excluding carboxylic acids is 2. The third kappa shape index (κ3) is 2.40. The highest BCUT2D eigenvalue weighted by molar-refractivity contribution is 6.01. The summed E-state index contributed by atoms with van der Waals surface area (Å²) in [6.07, 6.45) is 5.06. The van der Waals surface area contributed by atoms with Crippen LogP contribution in [0.2, 0.25) is 0 Å².